The lowest BCUT2D eigenvalue weighted by Gasteiger charge is -2.35. The summed E-state index contributed by atoms with van der Waals surface area (Å²) in [7, 11) is 0. The van der Waals surface area contributed by atoms with Crippen LogP contribution in [-0.4, -0.2) is 52.8 Å². The summed E-state index contributed by atoms with van der Waals surface area (Å²) in [5.41, 5.74) is 7.37. The lowest BCUT2D eigenvalue weighted by Crippen LogP contribution is -2.51. The second kappa shape index (κ2) is 7.59. The van der Waals surface area contributed by atoms with Crippen molar-refractivity contribution < 1.29 is 9.59 Å². The molecule has 0 bridgehead atoms. The fourth-order valence-electron chi connectivity index (χ4n) is 3.76. The largest absolute Gasteiger partial charge is 0.362 e. The van der Waals surface area contributed by atoms with Crippen LogP contribution in [0.15, 0.2) is 18.2 Å². The van der Waals surface area contributed by atoms with Gasteiger partial charge in [0, 0.05) is 37.6 Å². The van der Waals surface area contributed by atoms with Crippen LogP contribution >= 0.6 is 0 Å². The number of aryl methyl sites for hydroxylation is 5. The number of nitrogens with zero attached hydrogens (tertiary/aromatic N) is 2. The minimum Gasteiger partial charge on any atom is -0.362 e. The van der Waals surface area contributed by atoms with Crippen LogP contribution in [0.3, 0.4) is 0 Å². The van der Waals surface area contributed by atoms with E-state index < -0.39 is 0 Å². The number of benzene rings is 1. The lowest BCUT2D eigenvalue weighted by molar-refractivity contribution is -0.131. The lowest BCUT2D eigenvalue weighted by atomic mass is 9.98. The quantitative estimate of drug-likeness (QED) is 0.906. The second-order valence-electron chi connectivity index (χ2n) is 7.70. The maximum absolute atomic E-state index is 12.7. The smallest absolute Gasteiger partial charge is 0.255 e. The zero-order valence-electron chi connectivity index (χ0n) is 17.0. The molecule has 1 aliphatic rings. The van der Waals surface area contributed by atoms with Crippen LogP contribution in [0.2, 0.25) is 0 Å². The Labute approximate surface area is 161 Å². The topological polar surface area (TPSA) is 56.4 Å². The molecule has 2 heterocycles. The predicted molar refractivity (Wildman–Crippen MR) is 107 cm³/mol. The van der Waals surface area contributed by atoms with E-state index in [1.807, 2.05) is 29.7 Å². The molecule has 0 spiro atoms. The molecule has 0 radical (unpaired) electrons. The van der Waals surface area contributed by atoms with Crippen LogP contribution in [0, 0.1) is 34.6 Å². The van der Waals surface area contributed by atoms with Gasteiger partial charge in [-0.25, -0.2) is 0 Å². The number of H-pyrrole nitrogens is 1. The van der Waals surface area contributed by atoms with E-state index in [0.29, 0.717) is 32.6 Å². The molecule has 2 aromatic rings. The number of rotatable bonds is 3. The van der Waals surface area contributed by atoms with E-state index in [1.165, 1.54) is 16.7 Å². The van der Waals surface area contributed by atoms with Crippen molar-refractivity contribution in [3.8, 4) is 0 Å². The molecule has 1 aliphatic heterocycles. The Morgan fingerprint density at radius 2 is 1.44 bits per heavy atom. The average molecular weight is 367 g/mol. The van der Waals surface area contributed by atoms with Gasteiger partial charge < -0.3 is 14.8 Å². The fourth-order valence-corrected chi connectivity index (χ4v) is 3.76. The number of carbonyl (C=O) groups excluding carboxylic acids is 2. The highest BCUT2D eigenvalue weighted by Crippen LogP contribution is 2.18. The van der Waals surface area contributed by atoms with Gasteiger partial charge in [-0.3, -0.25) is 9.59 Å². The van der Waals surface area contributed by atoms with Crippen molar-refractivity contribution >= 4 is 11.8 Å². The Bertz CT molecular complexity index is 874. The summed E-state index contributed by atoms with van der Waals surface area (Å²) >= 11 is 0. The third-order valence-electron chi connectivity index (χ3n) is 5.59. The summed E-state index contributed by atoms with van der Waals surface area (Å²) in [5.74, 6) is 0.191. The SMILES string of the molecule is Cc1cc(C(=O)N2CCN(C(=O)Cc3cc(C)c(C)cc3C)CC2)c(C)[nH]1. The molecule has 5 nitrogen and oxygen atoms in total. The van der Waals surface area contributed by atoms with Crippen LogP contribution in [-0.2, 0) is 11.2 Å². The first-order valence-electron chi connectivity index (χ1n) is 9.56. The Morgan fingerprint density at radius 1 is 0.852 bits per heavy atom. The summed E-state index contributed by atoms with van der Waals surface area (Å²) in [5, 5.41) is 0. The third kappa shape index (κ3) is 4.07. The summed E-state index contributed by atoms with van der Waals surface area (Å²) in [6.45, 7) is 12.5. The van der Waals surface area contributed by atoms with Gasteiger partial charge in [-0.15, -0.1) is 0 Å². The maximum atomic E-state index is 12.7. The first-order chi connectivity index (χ1) is 12.8. The van der Waals surface area contributed by atoms with Gasteiger partial charge in [0.1, 0.15) is 0 Å². The van der Waals surface area contributed by atoms with Gasteiger partial charge in [-0.05, 0) is 62.9 Å². The number of hydrogen-bond acceptors (Lipinski definition) is 2. The van der Waals surface area contributed by atoms with Gasteiger partial charge in [0.15, 0.2) is 0 Å². The summed E-state index contributed by atoms with van der Waals surface area (Å²) < 4.78 is 0. The highest BCUT2D eigenvalue weighted by molar-refractivity contribution is 5.95. The number of hydrogen-bond donors (Lipinski definition) is 1. The Kier molecular flexibility index (Phi) is 5.40. The molecular formula is C22H29N3O2. The second-order valence-corrected chi connectivity index (χ2v) is 7.70. The molecule has 0 unspecified atom stereocenters. The molecule has 1 aromatic carbocycles. The summed E-state index contributed by atoms with van der Waals surface area (Å²) in [6, 6.07) is 6.17. The van der Waals surface area contributed by atoms with Crippen LogP contribution in [0.5, 0.6) is 0 Å². The number of carbonyl (C=O) groups is 2. The number of piperazine rings is 1. The van der Waals surface area contributed by atoms with Crippen LogP contribution in [0.1, 0.15) is 44.0 Å². The standard InChI is InChI=1S/C22H29N3O2/c1-14-10-16(3)19(11-15(14)2)13-21(26)24-6-8-25(9-7-24)22(27)20-12-17(4)23-18(20)5/h10-12,23H,6-9,13H2,1-5H3. The number of amides is 2. The van der Waals surface area contributed by atoms with Gasteiger partial charge in [0.25, 0.3) is 5.91 Å². The van der Waals surface area contributed by atoms with Crippen LogP contribution in [0.25, 0.3) is 0 Å². The van der Waals surface area contributed by atoms with E-state index in [-0.39, 0.29) is 11.8 Å². The molecule has 5 heteroatoms. The van der Waals surface area contributed by atoms with Gasteiger partial charge in [0.05, 0.1) is 12.0 Å². The molecule has 27 heavy (non-hydrogen) atoms. The zero-order valence-corrected chi connectivity index (χ0v) is 17.0. The van der Waals surface area contributed by atoms with Gasteiger partial charge >= 0.3 is 0 Å². The molecule has 1 fully saturated rings. The highest BCUT2D eigenvalue weighted by atomic mass is 16.2. The van der Waals surface area contributed by atoms with Crippen LogP contribution < -0.4 is 0 Å². The van der Waals surface area contributed by atoms with E-state index in [0.717, 1.165) is 22.5 Å². The van der Waals surface area contributed by atoms with E-state index in [9.17, 15) is 9.59 Å². The van der Waals surface area contributed by atoms with E-state index in [4.69, 9.17) is 0 Å². The molecule has 144 valence electrons. The van der Waals surface area contributed by atoms with Gasteiger partial charge in [-0.2, -0.15) is 0 Å². The number of nitrogens with one attached hydrogen (secondary N) is 1. The van der Waals surface area contributed by atoms with E-state index in [1.54, 1.807) is 0 Å². The molecule has 1 saturated heterocycles. The van der Waals surface area contributed by atoms with Crippen molar-refractivity contribution in [3.05, 3.63) is 57.4 Å². The number of aromatic nitrogens is 1. The normalized spacial score (nSPS) is 14.6. The minimum atomic E-state index is 0.0500. The maximum Gasteiger partial charge on any atom is 0.255 e. The van der Waals surface area contributed by atoms with Gasteiger partial charge in [-0.1, -0.05) is 12.1 Å². The van der Waals surface area contributed by atoms with Crippen molar-refractivity contribution in [3.63, 3.8) is 0 Å². The van der Waals surface area contributed by atoms with Crippen molar-refractivity contribution in [2.45, 2.75) is 41.0 Å². The first kappa shape index (κ1) is 19.2. The highest BCUT2D eigenvalue weighted by Gasteiger charge is 2.26. The molecular weight excluding hydrogens is 338 g/mol. The van der Waals surface area contributed by atoms with Gasteiger partial charge in [0.2, 0.25) is 5.91 Å². The molecule has 2 amide bonds. The summed E-state index contributed by atoms with van der Waals surface area (Å²) in [4.78, 5) is 32.4. The average Bonchev–Trinajstić information content (AvgIpc) is 2.97. The molecule has 1 N–H and O–H groups in total. The fraction of sp³-hybridized carbons (Fsp3) is 0.455. The monoisotopic (exact) mass is 367 g/mol. The molecule has 0 aliphatic carbocycles. The van der Waals surface area contributed by atoms with Crippen molar-refractivity contribution in [2.24, 2.45) is 0 Å². The van der Waals surface area contributed by atoms with Crippen molar-refractivity contribution in [2.75, 3.05) is 26.2 Å². The molecule has 0 saturated carbocycles. The minimum absolute atomic E-state index is 0.0500. The molecule has 3 rings (SSSR count). The zero-order chi connectivity index (χ0) is 19.7. The summed E-state index contributed by atoms with van der Waals surface area (Å²) in [6.07, 6.45) is 0.428. The van der Waals surface area contributed by atoms with Crippen LogP contribution in [0.4, 0.5) is 0 Å². The molecule has 1 aromatic heterocycles. The molecule has 0 atom stereocenters. The van der Waals surface area contributed by atoms with E-state index in [2.05, 4.69) is 37.9 Å². The Morgan fingerprint density at radius 3 is 2.04 bits per heavy atom. The third-order valence-corrected chi connectivity index (χ3v) is 5.59. The van der Waals surface area contributed by atoms with E-state index >= 15 is 0 Å². The first-order valence-corrected chi connectivity index (χ1v) is 9.56. The Balaban J connectivity index is 1.60. The van der Waals surface area contributed by atoms with Crippen molar-refractivity contribution in [1.82, 2.24) is 14.8 Å². The number of aromatic amines is 1. The predicted octanol–water partition coefficient (Wildman–Crippen LogP) is 3.08. The Hall–Kier alpha value is -2.56. The van der Waals surface area contributed by atoms with Crippen molar-refractivity contribution in [1.29, 1.82) is 0 Å².